The van der Waals surface area contributed by atoms with E-state index >= 15 is 0 Å². The predicted molar refractivity (Wildman–Crippen MR) is 119 cm³/mol. The number of sulfonamides is 1. The highest BCUT2D eigenvalue weighted by Gasteiger charge is 2.32. The third kappa shape index (κ3) is 4.98. The summed E-state index contributed by atoms with van der Waals surface area (Å²) in [5, 5.41) is 2.92. The molecule has 1 saturated heterocycles. The summed E-state index contributed by atoms with van der Waals surface area (Å²) in [6, 6.07) is 21.2. The van der Waals surface area contributed by atoms with Crippen LogP contribution >= 0.6 is 0 Å². The van der Waals surface area contributed by atoms with Gasteiger partial charge in [0.15, 0.2) is 5.75 Å². The number of para-hydroxylation sites is 3. The second kappa shape index (κ2) is 9.50. The van der Waals surface area contributed by atoms with Crippen molar-refractivity contribution in [1.29, 1.82) is 0 Å². The molecule has 0 radical (unpaired) electrons. The summed E-state index contributed by atoms with van der Waals surface area (Å²) in [7, 11) is -3.71. The van der Waals surface area contributed by atoms with E-state index in [0.29, 0.717) is 30.0 Å². The Bertz CT molecular complexity index is 1180. The molecular formula is C24H23FN2O4S. The molecule has 166 valence electrons. The molecule has 32 heavy (non-hydrogen) atoms. The molecule has 1 heterocycles. The first-order valence-corrected chi connectivity index (χ1v) is 11.8. The van der Waals surface area contributed by atoms with E-state index in [-0.39, 0.29) is 29.8 Å². The van der Waals surface area contributed by atoms with Crippen molar-refractivity contribution in [3.8, 4) is 11.5 Å². The van der Waals surface area contributed by atoms with Gasteiger partial charge >= 0.3 is 0 Å². The topological polar surface area (TPSA) is 75.7 Å². The average molecular weight is 455 g/mol. The fourth-order valence-corrected chi connectivity index (χ4v) is 5.09. The molecule has 1 amide bonds. The number of carbonyl (C=O) groups excluding carboxylic acids is 1. The molecule has 0 bridgehead atoms. The summed E-state index contributed by atoms with van der Waals surface area (Å²) in [4.78, 5) is 12.9. The molecule has 0 aromatic heterocycles. The van der Waals surface area contributed by atoms with Gasteiger partial charge in [-0.2, -0.15) is 4.31 Å². The number of ether oxygens (including phenoxy) is 1. The Morgan fingerprint density at radius 1 is 0.906 bits per heavy atom. The van der Waals surface area contributed by atoms with Gasteiger partial charge < -0.3 is 10.1 Å². The molecule has 3 aromatic carbocycles. The number of carbonyl (C=O) groups is 1. The quantitative estimate of drug-likeness (QED) is 0.588. The van der Waals surface area contributed by atoms with Crippen LogP contribution in [0.3, 0.4) is 0 Å². The Balaban J connectivity index is 1.39. The minimum Gasteiger partial charge on any atom is -0.455 e. The highest BCUT2D eigenvalue weighted by molar-refractivity contribution is 7.89. The monoisotopic (exact) mass is 454 g/mol. The molecule has 4 rings (SSSR count). The van der Waals surface area contributed by atoms with E-state index in [4.69, 9.17) is 4.74 Å². The van der Waals surface area contributed by atoms with Gasteiger partial charge in [0, 0.05) is 19.0 Å². The number of amides is 1. The Morgan fingerprint density at radius 2 is 1.53 bits per heavy atom. The fraction of sp³-hybridized carbons (Fsp3) is 0.208. The van der Waals surface area contributed by atoms with Gasteiger partial charge in [0.1, 0.15) is 11.6 Å². The lowest BCUT2D eigenvalue weighted by molar-refractivity contribution is -0.120. The van der Waals surface area contributed by atoms with Gasteiger partial charge in [-0.15, -0.1) is 0 Å². The van der Waals surface area contributed by atoms with Crippen LogP contribution in [0.15, 0.2) is 83.8 Å². The molecule has 0 atom stereocenters. The first-order chi connectivity index (χ1) is 15.4. The van der Waals surface area contributed by atoms with Gasteiger partial charge in [0.05, 0.1) is 10.6 Å². The number of piperidine rings is 1. The summed E-state index contributed by atoms with van der Waals surface area (Å²) >= 11 is 0. The Hall–Kier alpha value is -3.23. The zero-order valence-electron chi connectivity index (χ0n) is 17.3. The largest absolute Gasteiger partial charge is 0.455 e. The van der Waals surface area contributed by atoms with E-state index in [2.05, 4.69) is 5.32 Å². The number of nitrogens with zero attached hydrogens (tertiary/aromatic N) is 1. The number of anilines is 1. The summed E-state index contributed by atoms with van der Waals surface area (Å²) in [6.45, 7) is 0.444. The van der Waals surface area contributed by atoms with Crippen molar-refractivity contribution in [2.24, 2.45) is 5.92 Å². The standard InChI is InChI=1S/C24H23FN2O4S/c25-19-10-12-21(13-11-19)32(29,30)27-16-14-18(15-17-27)24(28)26-22-8-4-5-9-23(22)31-20-6-2-1-3-7-20/h1-13,18H,14-17H2,(H,26,28). The first-order valence-electron chi connectivity index (χ1n) is 10.3. The minimum atomic E-state index is -3.71. The van der Waals surface area contributed by atoms with Crippen LogP contribution < -0.4 is 10.1 Å². The summed E-state index contributed by atoms with van der Waals surface area (Å²) in [5.74, 6) is 0.208. The van der Waals surface area contributed by atoms with Gasteiger partial charge in [0.25, 0.3) is 0 Å². The van der Waals surface area contributed by atoms with Crippen LogP contribution in [0.25, 0.3) is 0 Å². The Morgan fingerprint density at radius 3 is 2.22 bits per heavy atom. The fourth-order valence-electron chi connectivity index (χ4n) is 3.62. The Kier molecular flexibility index (Phi) is 6.53. The molecule has 0 unspecified atom stereocenters. The third-order valence-corrected chi connectivity index (χ3v) is 7.30. The van der Waals surface area contributed by atoms with Crippen molar-refractivity contribution in [2.75, 3.05) is 18.4 Å². The molecule has 1 N–H and O–H groups in total. The van der Waals surface area contributed by atoms with E-state index in [1.54, 1.807) is 12.1 Å². The molecule has 0 saturated carbocycles. The third-order valence-electron chi connectivity index (χ3n) is 5.39. The van der Waals surface area contributed by atoms with Crippen LogP contribution in [0.2, 0.25) is 0 Å². The zero-order valence-corrected chi connectivity index (χ0v) is 18.1. The lowest BCUT2D eigenvalue weighted by Crippen LogP contribution is -2.41. The van der Waals surface area contributed by atoms with Crippen LogP contribution in [0.4, 0.5) is 10.1 Å². The van der Waals surface area contributed by atoms with E-state index in [1.807, 2.05) is 42.5 Å². The maximum Gasteiger partial charge on any atom is 0.243 e. The van der Waals surface area contributed by atoms with E-state index in [9.17, 15) is 17.6 Å². The maximum absolute atomic E-state index is 13.1. The first kappa shape index (κ1) is 22.0. The summed E-state index contributed by atoms with van der Waals surface area (Å²) < 4.78 is 45.9. The van der Waals surface area contributed by atoms with E-state index < -0.39 is 15.8 Å². The van der Waals surface area contributed by atoms with Crippen molar-refractivity contribution < 1.29 is 22.3 Å². The molecule has 1 aliphatic rings. The minimum absolute atomic E-state index is 0.0498. The SMILES string of the molecule is O=C(Nc1ccccc1Oc1ccccc1)C1CCN(S(=O)(=O)c2ccc(F)cc2)CC1. The van der Waals surface area contributed by atoms with Gasteiger partial charge in [0.2, 0.25) is 15.9 Å². The highest BCUT2D eigenvalue weighted by Crippen LogP contribution is 2.31. The van der Waals surface area contributed by atoms with Gasteiger partial charge in [-0.3, -0.25) is 4.79 Å². The number of rotatable bonds is 6. The van der Waals surface area contributed by atoms with Crippen molar-refractivity contribution in [1.82, 2.24) is 4.31 Å². The van der Waals surface area contributed by atoms with Gasteiger partial charge in [-0.1, -0.05) is 30.3 Å². The molecule has 0 aliphatic carbocycles. The molecular weight excluding hydrogens is 431 g/mol. The maximum atomic E-state index is 13.1. The molecule has 0 spiro atoms. The molecule has 3 aromatic rings. The smallest absolute Gasteiger partial charge is 0.243 e. The highest BCUT2D eigenvalue weighted by atomic mass is 32.2. The average Bonchev–Trinajstić information content (AvgIpc) is 2.81. The van der Waals surface area contributed by atoms with Crippen LogP contribution in [0.1, 0.15) is 12.8 Å². The van der Waals surface area contributed by atoms with Gasteiger partial charge in [-0.05, 0) is 61.4 Å². The normalized spacial score (nSPS) is 15.3. The summed E-state index contributed by atoms with van der Waals surface area (Å²) in [5.41, 5.74) is 0.558. The van der Waals surface area contributed by atoms with Crippen LogP contribution in [0, 0.1) is 11.7 Å². The van der Waals surface area contributed by atoms with E-state index in [1.165, 1.54) is 16.4 Å². The number of hydrogen-bond donors (Lipinski definition) is 1. The number of hydrogen-bond acceptors (Lipinski definition) is 4. The van der Waals surface area contributed by atoms with Crippen molar-refractivity contribution in [3.63, 3.8) is 0 Å². The Labute approximate surface area is 186 Å². The zero-order chi connectivity index (χ0) is 22.6. The van der Waals surface area contributed by atoms with Crippen molar-refractivity contribution in [2.45, 2.75) is 17.7 Å². The van der Waals surface area contributed by atoms with Crippen LogP contribution in [0.5, 0.6) is 11.5 Å². The summed E-state index contributed by atoms with van der Waals surface area (Å²) in [6.07, 6.45) is 0.794. The number of nitrogens with one attached hydrogen (secondary N) is 1. The van der Waals surface area contributed by atoms with Gasteiger partial charge in [-0.25, -0.2) is 12.8 Å². The lowest BCUT2D eigenvalue weighted by Gasteiger charge is -2.30. The molecule has 1 aliphatic heterocycles. The second-order valence-electron chi connectivity index (χ2n) is 7.53. The van der Waals surface area contributed by atoms with Crippen molar-refractivity contribution >= 4 is 21.6 Å². The molecule has 8 heteroatoms. The van der Waals surface area contributed by atoms with Crippen molar-refractivity contribution in [3.05, 3.63) is 84.7 Å². The molecule has 1 fully saturated rings. The number of benzene rings is 3. The lowest BCUT2D eigenvalue weighted by atomic mass is 9.97. The van der Waals surface area contributed by atoms with Crippen LogP contribution in [-0.4, -0.2) is 31.7 Å². The second-order valence-corrected chi connectivity index (χ2v) is 9.47. The van der Waals surface area contributed by atoms with Crippen LogP contribution in [-0.2, 0) is 14.8 Å². The predicted octanol–water partition coefficient (Wildman–Crippen LogP) is 4.66. The van der Waals surface area contributed by atoms with E-state index in [0.717, 1.165) is 12.1 Å². The number of halogens is 1. The molecule has 6 nitrogen and oxygen atoms in total.